The van der Waals surface area contributed by atoms with E-state index in [0.717, 1.165) is 32.6 Å². The van der Waals surface area contributed by atoms with Gasteiger partial charge in [0.15, 0.2) is 0 Å². The molecule has 2 saturated heterocycles. The second-order valence-corrected chi connectivity index (χ2v) is 5.03. The van der Waals surface area contributed by atoms with Gasteiger partial charge in [-0.2, -0.15) is 0 Å². The highest BCUT2D eigenvalue weighted by Crippen LogP contribution is 2.06. The molecule has 0 aromatic heterocycles. The number of hydrogen-bond acceptors (Lipinski definition) is 4. The van der Waals surface area contributed by atoms with Crippen LogP contribution in [0.15, 0.2) is 0 Å². The van der Waals surface area contributed by atoms with E-state index in [2.05, 4.69) is 34.8 Å². The average Bonchev–Trinajstić information content (AvgIpc) is 2.65. The number of carbonyl (C=O) groups is 1. The van der Waals surface area contributed by atoms with Gasteiger partial charge in [0.05, 0.1) is 6.04 Å². The number of piperazine rings is 1. The lowest BCUT2D eigenvalue weighted by molar-refractivity contribution is -0.124. The summed E-state index contributed by atoms with van der Waals surface area (Å²) in [6, 6.07) is 0.724. The van der Waals surface area contributed by atoms with Crippen LogP contribution in [0.4, 0.5) is 0 Å². The van der Waals surface area contributed by atoms with Crippen molar-refractivity contribution in [1.29, 1.82) is 0 Å². The molecular weight excluding hydrogens is 204 g/mol. The van der Waals surface area contributed by atoms with Crippen molar-refractivity contribution in [2.24, 2.45) is 0 Å². The first-order chi connectivity index (χ1) is 7.65. The smallest absolute Gasteiger partial charge is 0.238 e. The Morgan fingerprint density at radius 1 is 1.38 bits per heavy atom. The first kappa shape index (κ1) is 11.8. The zero-order valence-corrected chi connectivity index (χ0v) is 10.1. The average molecular weight is 226 g/mol. The zero-order valence-electron chi connectivity index (χ0n) is 10.1. The molecule has 0 radical (unpaired) electrons. The van der Waals surface area contributed by atoms with Crippen molar-refractivity contribution >= 4 is 5.91 Å². The van der Waals surface area contributed by atoms with Gasteiger partial charge >= 0.3 is 0 Å². The van der Waals surface area contributed by atoms with Gasteiger partial charge in [0, 0.05) is 31.7 Å². The molecular formula is C11H22N4O. The summed E-state index contributed by atoms with van der Waals surface area (Å²) in [5.74, 6) is 0.139. The van der Waals surface area contributed by atoms with E-state index in [1.54, 1.807) is 0 Å². The topological polar surface area (TPSA) is 56.4 Å². The fraction of sp³-hybridized carbons (Fsp3) is 0.909. The van der Waals surface area contributed by atoms with Gasteiger partial charge in [-0.1, -0.05) is 0 Å². The number of amides is 1. The maximum absolute atomic E-state index is 11.9. The molecule has 2 aliphatic heterocycles. The quantitative estimate of drug-likeness (QED) is 0.551. The third-order valence-corrected chi connectivity index (χ3v) is 3.40. The summed E-state index contributed by atoms with van der Waals surface area (Å²) >= 11 is 0. The van der Waals surface area contributed by atoms with Gasteiger partial charge in [-0.25, -0.2) is 0 Å². The molecule has 2 heterocycles. The summed E-state index contributed by atoms with van der Waals surface area (Å²) in [5.41, 5.74) is 0. The minimum atomic E-state index is -0.0675. The Labute approximate surface area is 96.9 Å². The monoisotopic (exact) mass is 226 g/mol. The van der Waals surface area contributed by atoms with Crippen LogP contribution in [0.3, 0.4) is 0 Å². The number of hydrogen-bond donors (Lipinski definition) is 3. The molecule has 0 aromatic carbocycles. The van der Waals surface area contributed by atoms with E-state index in [-0.39, 0.29) is 11.9 Å². The Kier molecular flexibility index (Phi) is 3.78. The van der Waals surface area contributed by atoms with Crippen LogP contribution in [0.2, 0.25) is 0 Å². The van der Waals surface area contributed by atoms with Gasteiger partial charge in [0.25, 0.3) is 0 Å². The van der Waals surface area contributed by atoms with Crippen LogP contribution in [-0.2, 0) is 4.79 Å². The van der Waals surface area contributed by atoms with Crippen LogP contribution in [0.25, 0.3) is 0 Å². The van der Waals surface area contributed by atoms with Crippen molar-refractivity contribution in [2.75, 3.05) is 33.2 Å². The molecule has 0 saturated carbocycles. The van der Waals surface area contributed by atoms with Crippen molar-refractivity contribution < 1.29 is 4.79 Å². The van der Waals surface area contributed by atoms with E-state index < -0.39 is 0 Å². The molecule has 2 fully saturated rings. The highest BCUT2D eigenvalue weighted by atomic mass is 16.2. The maximum Gasteiger partial charge on any atom is 0.238 e. The second kappa shape index (κ2) is 5.12. The Balaban J connectivity index is 1.75. The molecule has 92 valence electrons. The Bertz CT molecular complexity index is 250. The Hall–Kier alpha value is -0.650. The largest absolute Gasteiger partial charge is 0.351 e. The molecule has 16 heavy (non-hydrogen) atoms. The minimum absolute atomic E-state index is 0.0675. The van der Waals surface area contributed by atoms with Gasteiger partial charge in [0.2, 0.25) is 5.91 Å². The van der Waals surface area contributed by atoms with Gasteiger partial charge in [-0.15, -0.1) is 0 Å². The third kappa shape index (κ3) is 2.93. The lowest BCUT2D eigenvalue weighted by Crippen LogP contribution is -2.60. The summed E-state index contributed by atoms with van der Waals surface area (Å²) in [4.78, 5) is 14.2. The summed E-state index contributed by atoms with van der Waals surface area (Å²) in [5, 5.41) is 9.69. The highest BCUT2D eigenvalue weighted by molar-refractivity contribution is 5.82. The van der Waals surface area contributed by atoms with E-state index >= 15 is 0 Å². The number of likely N-dealkylation sites (N-methyl/N-ethyl adjacent to an activating group) is 1. The summed E-state index contributed by atoms with van der Waals surface area (Å²) in [7, 11) is 2.09. The predicted octanol–water partition coefficient (Wildman–Crippen LogP) is -1.24. The number of likely N-dealkylation sites (tertiary alicyclic amines) is 1. The molecule has 3 N–H and O–H groups in total. The number of nitrogens with zero attached hydrogens (tertiary/aromatic N) is 1. The van der Waals surface area contributed by atoms with Crippen molar-refractivity contribution in [2.45, 2.75) is 31.5 Å². The summed E-state index contributed by atoms with van der Waals surface area (Å²) < 4.78 is 0. The number of rotatable bonds is 2. The van der Waals surface area contributed by atoms with Gasteiger partial charge in [-0.3, -0.25) is 4.79 Å². The van der Waals surface area contributed by atoms with Crippen LogP contribution in [0.1, 0.15) is 13.3 Å². The Morgan fingerprint density at radius 2 is 2.19 bits per heavy atom. The fourth-order valence-corrected chi connectivity index (χ4v) is 2.32. The third-order valence-electron chi connectivity index (χ3n) is 3.40. The van der Waals surface area contributed by atoms with Gasteiger partial charge in [0.1, 0.15) is 0 Å². The van der Waals surface area contributed by atoms with Crippen molar-refractivity contribution in [1.82, 2.24) is 20.9 Å². The highest BCUT2D eigenvalue weighted by Gasteiger charge is 2.27. The van der Waals surface area contributed by atoms with Gasteiger partial charge in [-0.05, 0) is 26.9 Å². The van der Waals surface area contributed by atoms with Crippen LogP contribution < -0.4 is 16.0 Å². The predicted molar refractivity (Wildman–Crippen MR) is 63.3 cm³/mol. The molecule has 0 aliphatic carbocycles. The van der Waals surface area contributed by atoms with Crippen LogP contribution in [0, 0.1) is 0 Å². The van der Waals surface area contributed by atoms with E-state index in [0.29, 0.717) is 12.1 Å². The number of carbonyl (C=O) groups excluding carboxylic acids is 1. The molecule has 5 heteroatoms. The first-order valence-corrected chi connectivity index (χ1v) is 6.11. The maximum atomic E-state index is 11.9. The lowest BCUT2D eigenvalue weighted by atomic mass is 10.1. The molecule has 0 aromatic rings. The Morgan fingerprint density at radius 3 is 2.75 bits per heavy atom. The van der Waals surface area contributed by atoms with E-state index in [1.807, 2.05) is 0 Å². The van der Waals surface area contributed by atoms with Crippen molar-refractivity contribution in [3.05, 3.63) is 0 Å². The SMILES string of the molecule is CC1CNC(C(=O)NC2CCN(C)C2)CN1. The van der Waals surface area contributed by atoms with E-state index in [4.69, 9.17) is 0 Å². The number of nitrogens with one attached hydrogen (secondary N) is 3. The lowest BCUT2D eigenvalue weighted by Gasteiger charge is -2.29. The first-order valence-electron chi connectivity index (χ1n) is 6.11. The molecule has 3 unspecified atom stereocenters. The summed E-state index contributed by atoms with van der Waals surface area (Å²) in [6.07, 6.45) is 1.07. The molecule has 0 bridgehead atoms. The van der Waals surface area contributed by atoms with Crippen LogP contribution in [-0.4, -0.2) is 62.2 Å². The standard InChI is InChI=1S/C11H22N4O/c1-8-5-13-10(6-12-8)11(16)14-9-3-4-15(2)7-9/h8-10,12-13H,3-7H2,1-2H3,(H,14,16). The molecule has 2 aliphatic rings. The van der Waals surface area contributed by atoms with Gasteiger partial charge < -0.3 is 20.9 Å². The molecule has 0 spiro atoms. The second-order valence-electron chi connectivity index (χ2n) is 5.03. The minimum Gasteiger partial charge on any atom is -0.351 e. The zero-order chi connectivity index (χ0) is 11.5. The van der Waals surface area contributed by atoms with Crippen molar-refractivity contribution in [3.8, 4) is 0 Å². The normalized spacial score (nSPS) is 36.2. The van der Waals surface area contributed by atoms with E-state index in [1.165, 1.54) is 0 Å². The molecule has 1 amide bonds. The van der Waals surface area contributed by atoms with Crippen LogP contribution >= 0.6 is 0 Å². The van der Waals surface area contributed by atoms with Crippen molar-refractivity contribution in [3.63, 3.8) is 0 Å². The molecule has 3 atom stereocenters. The molecule has 2 rings (SSSR count). The van der Waals surface area contributed by atoms with Crippen LogP contribution in [0.5, 0.6) is 0 Å². The fourth-order valence-electron chi connectivity index (χ4n) is 2.32. The summed E-state index contributed by atoms with van der Waals surface area (Å²) in [6.45, 7) is 5.77. The van der Waals surface area contributed by atoms with E-state index in [9.17, 15) is 4.79 Å². The molecule has 5 nitrogen and oxygen atoms in total.